The first-order valence-electron chi connectivity index (χ1n) is 7.56. The maximum atomic E-state index is 13.5. The molecular weight excluding hydrogens is 267 g/mol. The fraction of sp³-hybridized carbons (Fsp3) is 0.250. The van der Waals surface area contributed by atoms with Crippen LogP contribution in [0, 0.1) is 5.82 Å². The van der Waals surface area contributed by atoms with Crippen LogP contribution in [0.5, 0.6) is 0 Å². The van der Waals surface area contributed by atoms with Gasteiger partial charge in [-0.1, -0.05) is 12.1 Å². The van der Waals surface area contributed by atoms with Crippen molar-refractivity contribution in [3.05, 3.63) is 60.1 Å². The second kappa shape index (κ2) is 4.84. The quantitative estimate of drug-likeness (QED) is 0.724. The van der Waals surface area contributed by atoms with Crippen LogP contribution in [0.25, 0.3) is 5.65 Å². The minimum atomic E-state index is -0.212. The van der Waals surface area contributed by atoms with E-state index >= 15 is 0 Å². The summed E-state index contributed by atoms with van der Waals surface area (Å²) in [6.07, 6.45) is 3.76. The highest BCUT2D eigenvalue weighted by molar-refractivity contribution is 5.48. The fourth-order valence-electron chi connectivity index (χ4n) is 3.00. The first-order valence-corrected chi connectivity index (χ1v) is 7.06. The number of halogens is 1. The molecule has 3 aromatic rings. The Hall–Kier alpha value is -2.43. The minimum absolute atomic E-state index is 0.123. The third kappa shape index (κ3) is 2.14. The summed E-state index contributed by atoms with van der Waals surface area (Å²) in [4.78, 5) is 6.29. The molecule has 0 unspecified atom stereocenters. The van der Waals surface area contributed by atoms with Crippen molar-refractivity contribution in [2.24, 2.45) is 0 Å². The molecule has 0 radical (unpaired) electrons. The van der Waals surface area contributed by atoms with Crippen LogP contribution in [0.1, 0.15) is 25.8 Å². The van der Waals surface area contributed by atoms with Crippen molar-refractivity contribution >= 4 is 11.5 Å². The largest absolute Gasteiger partial charge is 0.348 e. The summed E-state index contributed by atoms with van der Waals surface area (Å²) in [5.74, 6) is 0.585. The Morgan fingerprint density at radius 3 is 3.14 bits per heavy atom. The van der Waals surface area contributed by atoms with E-state index in [0.717, 1.165) is 30.8 Å². The molecule has 0 bridgehead atoms. The molecule has 0 spiro atoms. The molecule has 4 nitrogen and oxygen atoms in total. The van der Waals surface area contributed by atoms with Gasteiger partial charge in [-0.25, -0.2) is 13.9 Å². The van der Waals surface area contributed by atoms with E-state index in [1.165, 1.54) is 16.8 Å². The van der Waals surface area contributed by atoms with E-state index in [0.29, 0.717) is 5.65 Å². The van der Waals surface area contributed by atoms with Gasteiger partial charge in [0.2, 0.25) is 0 Å². The SMILES string of the molecule is [2H]c1cnc2ccc(N3CCC[C@@H]3c3cccc(F)c3)nn12. The van der Waals surface area contributed by atoms with E-state index in [2.05, 4.69) is 15.0 Å². The zero-order chi connectivity index (χ0) is 15.1. The smallest absolute Gasteiger partial charge is 0.153 e. The van der Waals surface area contributed by atoms with Crippen molar-refractivity contribution in [3.63, 3.8) is 0 Å². The summed E-state index contributed by atoms with van der Waals surface area (Å²) >= 11 is 0. The summed E-state index contributed by atoms with van der Waals surface area (Å²) in [6, 6.07) is 10.7. The lowest BCUT2D eigenvalue weighted by molar-refractivity contribution is 0.617. The van der Waals surface area contributed by atoms with E-state index in [-0.39, 0.29) is 18.0 Å². The monoisotopic (exact) mass is 283 g/mol. The topological polar surface area (TPSA) is 33.4 Å². The predicted octanol–water partition coefficient (Wildman–Crippen LogP) is 3.21. The van der Waals surface area contributed by atoms with Crippen LogP contribution in [0.4, 0.5) is 10.2 Å². The number of rotatable bonds is 2. The summed E-state index contributed by atoms with van der Waals surface area (Å²) in [6.45, 7) is 0.877. The molecule has 1 atom stereocenters. The van der Waals surface area contributed by atoms with Gasteiger partial charge in [-0.2, -0.15) is 0 Å². The molecule has 1 aliphatic heterocycles. The van der Waals surface area contributed by atoms with Gasteiger partial charge in [0, 0.05) is 18.9 Å². The van der Waals surface area contributed by atoms with Crippen molar-refractivity contribution < 1.29 is 5.76 Å². The Kier molecular flexibility index (Phi) is 2.59. The maximum absolute atomic E-state index is 13.5. The average molecular weight is 283 g/mol. The molecule has 21 heavy (non-hydrogen) atoms. The first-order chi connectivity index (χ1) is 10.7. The third-order valence-electron chi connectivity index (χ3n) is 3.96. The maximum Gasteiger partial charge on any atom is 0.153 e. The highest BCUT2D eigenvalue weighted by atomic mass is 19.1. The minimum Gasteiger partial charge on any atom is -0.348 e. The molecule has 0 aliphatic carbocycles. The molecule has 5 heteroatoms. The van der Waals surface area contributed by atoms with Gasteiger partial charge in [0.15, 0.2) is 5.65 Å². The fourth-order valence-corrected chi connectivity index (χ4v) is 3.00. The Balaban J connectivity index is 1.74. The number of anilines is 1. The zero-order valence-corrected chi connectivity index (χ0v) is 11.4. The van der Waals surface area contributed by atoms with Crippen LogP contribution in [0.15, 0.2) is 48.8 Å². The number of hydrogen-bond acceptors (Lipinski definition) is 3. The molecule has 0 amide bonds. The Morgan fingerprint density at radius 2 is 2.24 bits per heavy atom. The van der Waals surface area contributed by atoms with Crippen molar-refractivity contribution in [3.8, 4) is 0 Å². The third-order valence-corrected chi connectivity index (χ3v) is 3.96. The lowest BCUT2D eigenvalue weighted by atomic mass is 10.0. The van der Waals surface area contributed by atoms with E-state index < -0.39 is 0 Å². The van der Waals surface area contributed by atoms with Gasteiger partial charge >= 0.3 is 0 Å². The molecule has 0 saturated carbocycles. The number of nitrogens with zero attached hydrogens (tertiary/aromatic N) is 4. The van der Waals surface area contributed by atoms with Crippen LogP contribution in [-0.2, 0) is 0 Å². The molecular formula is C16H15FN4. The molecule has 1 aromatic carbocycles. The highest BCUT2D eigenvalue weighted by Gasteiger charge is 2.27. The van der Waals surface area contributed by atoms with Gasteiger partial charge in [-0.15, -0.1) is 5.10 Å². The van der Waals surface area contributed by atoms with Gasteiger partial charge in [0.05, 0.1) is 7.41 Å². The van der Waals surface area contributed by atoms with Gasteiger partial charge in [0.1, 0.15) is 11.6 Å². The summed E-state index contributed by atoms with van der Waals surface area (Å²) < 4.78 is 22.8. The number of aromatic nitrogens is 3. The van der Waals surface area contributed by atoms with Crippen LogP contribution in [0.2, 0.25) is 0 Å². The standard InChI is InChI=1S/C16H15FN4/c17-13-4-1-3-12(11-13)14-5-2-9-20(14)16-7-6-15-18-8-10-21(15)19-16/h1,3-4,6-8,10-11,14H,2,5,9H2/t14-/m1/s1/i10D. The summed E-state index contributed by atoms with van der Waals surface area (Å²) in [5.41, 5.74) is 1.63. The summed E-state index contributed by atoms with van der Waals surface area (Å²) in [5, 5.41) is 4.51. The molecule has 1 fully saturated rings. The molecule has 1 saturated heterocycles. The lowest BCUT2D eigenvalue weighted by Gasteiger charge is -2.26. The van der Waals surface area contributed by atoms with E-state index in [1.807, 2.05) is 18.2 Å². The van der Waals surface area contributed by atoms with E-state index in [4.69, 9.17) is 1.37 Å². The Bertz CT molecular complexity index is 832. The lowest BCUT2D eigenvalue weighted by Crippen LogP contribution is -2.24. The van der Waals surface area contributed by atoms with Crippen molar-refractivity contribution in [1.29, 1.82) is 0 Å². The number of fused-ring (bicyclic) bond motifs is 1. The van der Waals surface area contributed by atoms with Crippen molar-refractivity contribution in [1.82, 2.24) is 14.6 Å². The molecule has 4 rings (SSSR count). The predicted molar refractivity (Wildman–Crippen MR) is 78.7 cm³/mol. The normalized spacial score (nSPS) is 19.2. The zero-order valence-electron chi connectivity index (χ0n) is 12.4. The van der Waals surface area contributed by atoms with Crippen LogP contribution >= 0.6 is 0 Å². The van der Waals surface area contributed by atoms with Crippen molar-refractivity contribution in [2.75, 3.05) is 11.4 Å². The van der Waals surface area contributed by atoms with Crippen molar-refractivity contribution in [2.45, 2.75) is 18.9 Å². The Labute approximate surface area is 123 Å². The van der Waals surface area contributed by atoms with Gasteiger partial charge < -0.3 is 4.90 Å². The Morgan fingerprint density at radius 1 is 1.29 bits per heavy atom. The van der Waals surface area contributed by atoms with Gasteiger partial charge in [-0.3, -0.25) is 0 Å². The highest BCUT2D eigenvalue weighted by Crippen LogP contribution is 2.35. The summed E-state index contributed by atoms with van der Waals surface area (Å²) in [7, 11) is 0. The van der Waals surface area contributed by atoms with E-state index in [1.54, 1.807) is 12.1 Å². The second-order valence-corrected chi connectivity index (χ2v) is 5.26. The van der Waals surface area contributed by atoms with Crippen LogP contribution in [-0.4, -0.2) is 21.1 Å². The first kappa shape index (κ1) is 11.3. The molecule has 1 aliphatic rings. The van der Waals surface area contributed by atoms with Crippen LogP contribution < -0.4 is 4.90 Å². The average Bonchev–Trinajstić information content (AvgIpc) is 3.14. The molecule has 2 aromatic heterocycles. The number of benzene rings is 1. The molecule has 3 heterocycles. The molecule has 106 valence electrons. The second-order valence-electron chi connectivity index (χ2n) is 5.26. The number of imidazole rings is 1. The van der Waals surface area contributed by atoms with Gasteiger partial charge in [0.25, 0.3) is 0 Å². The molecule has 0 N–H and O–H groups in total. The van der Waals surface area contributed by atoms with E-state index in [9.17, 15) is 4.39 Å². The van der Waals surface area contributed by atoms with Gasteiger partial charge in [-0.05, 0) is 42.7 Å². The van der Waals surface area contributed by atoms with Crippen LogP contribution in [0.3, 0.4) is 0 Å². The number of hydrogen-bond donors (Lipinski definition) is 0.